The Balaban J connectivity index is 2.27. The molecule has 1 aromatic rings. The van der Waals surface area contributed by atoms with Crippen LogP contribution < -0.4 is 5.73 Å². The Bertz CT molecular complexity index is 331. The van der Waals surface area contributed by atoms with Gasteiger partial charge in [-0.2, -0.15) is 0 Å². The van der Waals surface area contributed by atoms with Gasteiger partial charge in [-0.05, 0) is 39.1 Å². The van der Waals surface area contributed by atoms with Crippen LogP contribution in [0.3, 0.4) is 0 Å². The molecule has 1 aromatic heterocycles. The molecule has 78 valence electrons. The highest BCUT2D eigenvalue weighted by Crippen LogP contribution is 2.47. The Labute approximate surface area is 93.7 Å². The van der Waals surface area contributed by atoms with Crippen molar-refractivity contribution in [2.75, 3.05) is 14.1 Å². The molecule has 4 heteroatoms. The van der Waals surface area contributed by atoms with Gasteiger partial charge in [-0.15, -0.1) is 11.3 Å². The van der Waals surface area contributed by atoms with Gasteiger partial charge in [0.2, 0.25) is 0 Å². The molecule has 0 bridgehead atoms. The third kappa shape index (κ3) is 1.82. The highest BCUT2D eigenvalue weighted by atomic mass is 35.5. The average molecular weight is 231 g/mol. The molecule has 1 saturated carbocycles. The summed E-state index contributed by atoms with van der Waals surface area (Å²) in [5.74, 6) is 0. The molecule has 0 saturated heterocycles. The van der Waals surface area contributed by atoms with E-state index < -0.39 is 0 Å². The number of hydrogen-bond acceptors (Lipinski definition) is 3. The molecule has 1 aliphatic rings. The second-order valence-electron chi connectivity index (χ2n) is 4.24. The van der Waals surface area contributed by atoms with E-state index in [0.29, 0.717) is 6.04 Å². The smallest absolute Gasteiger partial charge is 0.0931 e. The van der Waals surface area contributed by atoms with Crippen LogP contribution in [-0.4, -0.2) is 24.5 Å². The monoisotopic (exact) mass is 230 g/mol. The largest absolute Gasteiger partial charge is 0.323 e. The fourth-order valence-corrected chi connectivity index (χ4v) is 3.33. The van der Waals surface area contributed by atoms with E-state index in [2.05, 4.69) is 25.1 Å². The summed E-state index contributed by atoms with van der Waals surface area (Å²) in [5.41, 5.74) is 6.24. The van der Waals surface area contributed by atoms with E-state index in [0.717, 1.165) is 17.2 Å². The number of rotatable bonds is 3. The van der Waals surface area contributed by atoms with Crippen LogP contribution in [-0.2, 0) is 0 Å². The van der Waals surface area contributed by atoms with E-state index in [-0.39, 0.29) is 5.54 Å². The lowest BCUT2D eigenvalue weighted by Crippen LogP contribution is -2.38. The lowest BCUT2D eigenvalue weighted by atomic mass is 10.0. The van der Waals surface area contributed by atoms with Gasteiger partial charge in [-0.25, -0.2) is 0 Å². The van der Waals surface area contributed by atoms with E-state index in [1.807, 2.05) is 6.07 Å². The maximum Gasteiger partial charge on any atom is 0.0931 e. The molecule has 2 N–H and O–H groups in total. The lowest BCUT2D eigenvalue weighted by Gasteiger charge is -2.29. The van der Waals surface area contributed by atoms with Gasteiger partial charge in [0.05, 0.1) is 10.4 Å². The maximum atomic E-state index is 6.25. The van der Waals surface area contributed by atoms with Crippen LogP contribution in [0, 0.1) is 0 Å². The first kappa shape index (κ1) is 10.4. The number of nitrogens with two attached hydrogens (primary N) is 1. The molecule has 14 heavy (non-hydrogen) atoms. The number of halogens is 1. The second kappa shape index (κ2) is 3.49. The molecule has 0 radical (unpaired) electrons. The van der Waals surface area contributed by atoms with Crippen molar-refractivity contribution in [2.45, 2.75) is 24.4 Å². The summed E-state index contributed by atoms with van der Waals surface area (Å²) in [4.78, 5) is 3.47. The second-order valence-corrected chi connectivity index (χ2v) is 5.99. The number of hydrogen-bond donors (Lipinski definition) is 1. The molecule has 1 heterocycles. The highest BCUT2D eigenvalue weighted by molar-refractivity contribution is 7.16. The van der Waals surface area contributed by atoms with Gasteiger partial charge in [-0.3, -0.25) is 0 Å². The van der Waals surface area contributed by atoms with Crippen LogP contribution in [0.25, 0.3) is 0 Å². The van der Waals surface area contributed by atoms with Crippen molar-refractivity contribution in [3.05, 3.63) is 21.3 Å². The first-order chi connectivity index (χ1) is 6.53. The molecule has 1 atom stereocenters. The molecule has 0 aliphatic heterocycles. The van der Waals surface area contributed by atoms with Gasteiger partial charge >= 0.3 is 0 Å². The predicted octanol–water partition coefficient (Wildman–Crippen LogP) is 2.50. The Morgan fingerprint density at radius 2 is 2.14 bits per heavy atom. The third-order valence-corrected chi connectivity index (χ3v) is 4.04. The SMILES string of the molecule is CN(C)C(c1ccc(Cl)s1)C1(N)CC1. The van der Waals surface area contributed by atoms with Crippen molar-refractivity contribution in [3.63, 3.8) is 0 Å². The maximum absolute atomic E-state index is 6.25. The first-order valence-electron chi connectivity index (χ1n) is 4.73. The summed E-state index contributed by atoms with van der Waals surface area (Å²) in [6, 6.07) is 4.36. The van der Waals surface area contributed by atoms with Crippen molar-refractivity contribution in [3.8, 4) is 0 Å². The van der Waals surface area contributed by atoms with Crippen LogP contribution in [0.1, 0.15) is 23.8 Å². The molecule has 0 amide bonds. The van der Waals surface area contributed by atoms with Crippen LogP contribution >= 0.6 is 22.9 Å². The number of likely N-dealkylation sites (N-methyl/N-ethyl adjacent to an activating group) is 1. The van der Waals surface area contributed by atoms with Gasteiger partial charge in [-0.1, -0.05) is 11.6 Å². The molecule has 1 fully saturated rings. The lowest BCUT2D eigenvalue weighted by molar-refractivity contribution is 0.250. The standard InChI is InChI=1S/C10H15ClN2S/c1-13(2)9(10(12)5-6-10)7-3-4-8(11)14-7/h3-4,9H,5-6,12H2,1-2H3. The van der Waals surface area contributed by atoms with Gasteiger partial charge < -0.3 is 10.6 Å². The van der Waals surface area contributed by atoms with Crippen LogP contribution in [0.5, 0.6) is 0 Å². The summed E-state index contributed by atoms with van der Waals surface area (Å²) in [6.45, 7) is 0. The average Bonchev–Trinajstić information content (AvgIpc) is 2.65. The normalized spacial score (nSPS) is 21.2. The van der Waals surface area contributed by atoms with Crippen LogP contribution in [0.15, 0.2) is 12.1 Å². The molecular formula is C10H15ClN2S. The van der Waals surface area contributed by atoms with E-state index in [4.69, 9.17) is 17.3 Å². The topological polar surface area (TPSA) is 29.3 Å². The number of thiophene rings is 1. The summed E-state index contributed by atoms with van der Waals surface area (Å²) in [6.07, 6.45) is 2.23. The van der Waals surface area contributed by atoms with Gasteiger partial charge in [0.1, 0.15) is 0 Å². The number of nitrogens with zero attached hydrogens (tertiary/aromatic N) is 1. The Morgan fingerprint density at radius 3 is 2.50 bits per heavy atom. The van der Waals surface area contributed by atoms with Crippen molar-refractivity contribution in [1.82, 2.24) is 4.90 Å². The molecule has 1 unspecified atom stereocenters. The zero-order valence-electron chi connectivity index (χ0n) is 8.46. The zero-order valence-corrected chi connectivity index (χ0v) is 10.0. The fraction of sp³-hybridized carbons (Fsp3) is 0.600. The molecule has 2 nitrogen and oxygen atoms in total. The Kier molecular flexibility index (Phi) is 2.60. The van der Waals surface area contributed by atoms with Crippen molar-refractivity contribution < 1.29 is 0 Å². The summed E-state index contributed by atoms with van der Waals surface area (Å²) < 4.78 is 0.844. The van der Waals surface area contributed by atoms with Crippen molar-refractivity contribution >= 4 is 22.9 Å². The minimum Gasteiger partial charge on any atom is -0.323 e. The van der Waals surface area contributed by atoms with E-state index >= 15 is 0 Å². The Morgan fingerprint density at radius 1 is 1.50 bits per heavy atom. The molecule has 0 spiro atoms. The molecule has 1 aliphatic carbocycles. The molecule has 2 rings (SSSR count). The minimum atomic E-state index is -0.0162. The van der Waals surface area contributed by atoms with E-state index in [1.165, 1.54) is 4.88 Å². The minimum absolute atomic E-state index is 0.0162. The quantitative estimate of drug-likeness (QED) is 0.865. The van der Waals surface area contributed by atoms with E-state index in [9.17, 15) is 0 Å². The van der Waals surface area contributed by atoms with Crippen molar-refractivity contribution in [2.24, 2.45) is 5.73 Å². The van der Waals surface area contributed by atoms with Gasteiger partial charge in [0.15, 0.2) is 0 Å². The predicted molar refractivity (Wildman–Crippen MR) is 61.9 cm³/mol. The van der Waals surface area contributed by atoms with Crippen molar-refractivity contribution in [1.29, 1.82) is 0 Å². The summed E-state index contributed by atoms with van der Waals surface area (Å²) in [5, 5.41) is 0. The molecular weight excluding hydrogens is 216 g/mol. The van der Waals surface area contributed by atoms with Gasteiger partial charge in [0, 0.05) is 10.4 Å². The van der Waals surface area contributed by atoms with Gasteiger partial charge in [0.25, 0.3) is 0 Å². The fourth-order valence-electron chi connectivity index (χ4n) is 1.95. The highest BCUT2D eigenvalue weighted by Gasteiger charge is 2.48. The Hall–Kier alpha value is -0.0900. The van der Waals surface area contributed by atoms with Crippen LogP contribution in [0.4, 0.5) is 0 Å². The summed E-state index contributed by atoms with van der Waals surface area (Å²) >= 11 is 7.57. The third-order valence-electron chi connectivity index (χ3n) is 2.75. The first-order valence-corrected chi connectivity index (χ1v) is 5.93. The van der Waals surface area contributed by atoms with E-state index in [1.54, 1.807) is 11.3 Å². The summed E-state index contributed by atoms with van der Waals surface area (Å²) in [7, 11) is 4.15. The molecule has 0 aromatic carbocycles. The van der Waals surface area contributed by atoms with Crippen LogP contribution in [0.2, 0.25) is 4.34 Å². The zero-order chi connectivity index (χ0) is 10.3.